The van der Waals surface area contributed by atoms with E-state index in [1.165, 1.54) is 32.7 Å². The van der Waals surface area contributed by atoms with E-state index in [1.54, 1.807) is 11.4 Å². The van der Waals surface area contributed by atoms with E-state index < -0.39 is 17.9 Å². The molecule has 1 atom stereocenters. The number of unbranched alkanes of at least 4 members (excludes halogenated alkanes) is 5. The third kappa shape index (κ3) is 18.4. The maximum Gasteiger partial charge on any atom is 0.320 e. The SMILES string of the molecule is CCCCCCCC=[NH+][O-].CN[C@@H](CCC(N)=O)C(=O)O. The summed E-state index contributed by atoms with van der Waals surface area (Å²) < 4.78 is 0. The first kappa shape index (κ1) is 21.7. The molecule has 0 heterocycles. The first-order valence-corrected chi connectivity index (χ1v) is 7.37. The lowest BCUT2D eigenvalue weighted by atomic mass is 10.1. The van der Waals surface area contributed by atoms with E-state index in [0.717, 1.165) is 12.8 Å². The molecule has 1 amide bonds. The minimum Gasteiger partial charge on any atom is -0.626 e. The summed E-state index contributed by atoms with van der Waals surface area (Å²) in [5.74, 6) is -1.44. The highest BCUT2D eigenvalue weighted by Crippen LogP contribution is 2.02. The molecule has 0 aromatic heterocycles. The average molecular weight is 303 g/mol. The Labute approximate surface area is 126 Å². The minimum atomic E-state index is -0.964. The highest BCUT2D eigenvalue weighted by atomic mass is 16.4. The monoisotopic (exact) mass is 303 g/mol. The van der Waals surface area contributed by atoms with Crippen LogP contribution >= 0.6 is 0 Å². The summed E-state index contributed by atoms with van der Waals surface area (Å²) in [5, 5.41) is 22.5. The Hall–Kier alpha value is -1.63. The van der Waals surface area contributed by atoms with Crippen LogP contribution in [0.1, 0.15) is 58.3 Å². The Balaban J connectivity index is 0. The summed E-state index contributed by atoms with van der Waals surface area (Å²) in [7, 11) is 1.53. The number of amides is 1. The van der Waals surface area contributed by atoms with E-state index in [4.69, 9.17) is 10.8 Å². The summed E-state index contributed by atoms with van der Waals surface area (Å²) >= 11 is 0. The van der Waals surface area contributed by atoms with E-state index in [0.29, 0.717) is 0 Å². The van der Waals surface area contributed by atoms with Gasteiger partial charge >= 0.3 is 5.97 Å². The van der Waals surface area contributed by atoms with Crippen molar-refractivity contribution in [2.24, 2.45) is 5.73 Å². The lowest BCUT2D eigenvalue weighted by Crippen LogP contribution is -2.60. The van der Waals surface area contributed by atoms with Gasteiger partial charge in [0.2, 0.25) is 5.91 Å². The molecule has 0 rings (SSSR count). The van der Waals surface area contributed by atoms with E-state index >= 15 is 0 Å². The van der Waals surface area contributed by atoms with Gasteiger partial charge in [-0.3, -0.25) is 9.59 Å². The van der Waals surface area contributed by atoms with Gasteiger partial charge in [-0.25, -0.2) is 5.16 Å². The summed E-state index contributed by atoms with van der Waals surface area (Å²) in [5.41, 5.74) is 4.84. The van der Waals surface area contributed by atoms with Gasteiger partial charge in [0.05, 0.1) is 0 Å². The van der Waals surface area contributed by atoms with Crippen molar-refractivity contribution in [3.05, 3.63) is 5.21 Å². The smallest absolute Gasteiger partial charge is 0.320 e. The van der Waals surface area contributed by atoms with Gasteiger partial charge in [0.1, 0.15) is 12.3 Å². The lowest BCUT2D eigenvalue weighted by molar-refractivity contribution is -0.368. The van der Waals surface area contributed by atoms with Crippen molar-refractivity contribution in [1.82, 2.24) is 5.32 Å². The van der Waals surface area contributed by atoms with Gasteiger partial charge in [0.25, 0.3) is 0 Å². The molecule has 0 saturated heterocycles. The number of rotatable bonds is 11. The zero-order valence-electron chi connectivity index (χ0n) is 13.1. The van der Waals surface area contributed by atoms with Gasteiger partial charge in [-0.15, -0.1) is 0 Å². The van der Waals surface area contributed by atoms with Crippen LogP contribution in [0.15, 0.2) is 0 Å². The van der Waals surface area contributed by atoms with Gasteiger partial charge in [-0.05, 0) is 19.9 Å². The topological polar surface area (TPSA) is 129 Å². The highest BCUT2D eigenvalue weighted by Gasteiger charge is 2.14. The molecule has 124 valence electrons. The van der Waals surface area contributed by atoms with E-state index in [-0.39, 0.29) is 12.8 Å². The number of primary amides is 1. The molecule has 0 fully saturated rings. The fourth-order valence-corrected chi connectivity index (χ4v) is 1.59. The summed E-state index contributed by atoms with van der Waals surface area (Å²) in [6, 6.07) is -0.678. The van der Waals surface area contributed by atoms with E-state index in [9.17, 15) is 14.8 Å². The third-order valence-corrected chi connectivity index (χ3v) is 2.86. The first-order valence-electron chi connectivity index (χ1n) is 7.37. The molecule has 7 heteroatoms. The number of likely N-dealkylation sites (N-methyl/N-ethyl adjacent to an activating group) is 1. The number of nitrogens with one attached hydrogen (secondary N) is 2. The van der Waals surface area contributed by atoms with Crippen LogP contribution in [0.5, 0.6) is 0 Å². The molecule has 0 unspecified atom stereocenters. The molecule has 0 bridgehead atoms. The van der Waals surface area contributed by atoms with Gasteiger partial charge in [-0.2, -0.15) is 0 Å². The second-order valence-corrected chi connectivity index (χ2v) is 4.71. The van der Waals surface area contributed by atoms with Crippen molar-refractivity contribution in [3.63, 3.8) is 0 Å². The quantitative estimate of drug-likeness (QED) is 0.184. The molecule has 0 aromatic rings. The number of aliphatic carboxylic acids is 1. The summed E-state index contributed by atoms with van der Waals surface area (Å²) in [6.45, 7) is 2.20. The molecule has 0 radical (unpaired) electrons. The van der Waals surface area contributed by atoms with E-state index in [1.807, 2.05) is 0 Å². The molecule has 7 nitrogen and oxygen atoms in total. The van der Waals surface area contributed by atoms with E-state index in [2.05, 4.69) is 12.2 Å². The predicted octanol–water partition coefficient (Wildman–Crippen LogP) is -0.0794. The number of carbonyl (C=O) groups is 2. The molecular weight excluding hydrogens is 274 g/mol. The number of nitrogens with two attached hydrogens (primary N) is 1. The largest absolute Gasteiger partial charge is 0.626 e. The van der Waals surface area contributed by atoms with Crippen molar-refractivity contribution >= 4 is 18.1 Å². The molecule has 21 heavy (non-hydrogen) atoms. The van der Waals surface area contributed by atoms with Crippen LogP contribution in [0.4, 0.5) is 0 Å². The second kappa shape index (κ2) is 16.4. The Morgan fingerprint density at radius 2 is 1.95 bits per heavy atom. The number of carboxylic acids is 1. The lowest BCUT2D eigenvalue weighted by Gasteiger charge is -2.08. The minimum absolute atomic E-state index is 0.0950. The fourth-order valence-electron chi connectivity index (χ4n) is 1.59. The van der Waals surface area contributed by atoms with Crippen molar-refractivity contribution in [3.8, 4) is 0 Å². The summed E-state index contributed by atoms with van der Waals surface area (Å²) in [4.78, 5) is 20.6. The zero-order chi connectivity index (χ0) is 16.5. The zero-order valence-corrected chi connectivity index (χ0v) is 13.1. The van der Waals surface area contributed by atoms with Crippen LogP contribution in [0.3, 0.4) is 0 Å². The van der Waals surface area contributed by atoms with Gasteiger partial charge in [-0.1, -0.05) is 32.6 Å². The molecule has 0 aliphatic heterocycles. The Kier molecular flexibility index (Phi) is 16.9. The van der Waals surface area contributed by atoms with Crippen molar-refractivity contribution in [1.29, 1.82) is 0 Å². The molecule has 0 aliphatic carbocycles. The molecule has 0 aromatic carbocycles. The van der Waals surface area contributed by atoms with Crippen LogP contribution in [-0.2, 0) is 9.59 Å². The predicted molar refractivity (Wildman–Crippen MR) is 82.7 cm³/mol. The van der Waals surface area contributed by atoms with Crippen LogP contribution < -0.4 is 16.2 Å². The van der Waals surface area contributed by atoms with Crippen LogP contribution in [0.2, 0.25) is 0 Å². The maximum absolute atomic E-state index is 10.3. The third-order valence-electron chi connectivity index (χ3n) is 2.86. The fraction of sp³-hybridized carbons (Fsp3) is 0.786. The number of carbonyl (C=O) groups excluding carboxylic acids is 1. The Morgan fingerprint density at radius 1 is 1.33 bits per heavy atom. The molecule has 5 N–H and O–H groups in total. The van der Waals surface area contributed by atoms with Crippen LogP contribution in [-0.4, -0.2) is 36.3 Å². The first-order chi connectivity index (χ1) is 9.99. The number of hydrogen-bond donors (Lipinski definition) is 4. The molecule has 0 aliphatic rings. The average Bonchev–Trinajstić information content (AvgIpc) is 2.43. The van der Waals surface area contributed by atoms with Crippen molar-refractivity contribution in [2.75, 3.05) is 7.05 Å². The molecule has 0 saturated carbocycles. The molecular formula is C14H29N3O4. The van der Waals surface area contributed by atoms with Crippen LogP contribution in [0, 0.1) is 5.21 Å². The normalized spacial score (nSPS) is 11.7. The standard InChI is InChI=1S/C8H17NO.C6H12N2O3/c1-2-3-4-5-6-7-8-9-10;1-8-4(6(10)11)2-3-5(7)9/h8-9H,2-7H2,1H3;4,8H,2-3H2,1H3,(H2,7,9)(H,10,11)/t;4-/m.0/s1. The number of hydrogen-bond acceptors (Lipinski definition) is 4. The van der Waals surface area contributed by atoms with Crippen molar-refractivity contribution in [2.45, 2.75) is 64.3 Å². The Bertz CT molecular complexity index is 296. The van der Waals surface area contributed by atoms with Gasteiger partial charge in [0, 0.05) is 12.8 Å². The van der Waals surface area contributed by atoms with Crippen molar-refractivity contribution < 1.29 is 19.9 Å². The maximum atomic E-state index is 10.3. The van der Waals surface area contributed by atoms with Crippen LogP contribution in [0.25, 0.3) is 0 Å². The second-order valence-electron chi connectivity index (χ2n) is 4.71. The Morgan fingerprint density at radius 3 is 2.38 bits per heavy atom. The van der Waals surface area contributed by atoms with Gasteiger partial charge < -0.3 is 21.4 Å². The van der Waals surface area contributed by atoms with Gasteiger partial charge in [0.15, 0.2) is 0 Å². The molecule has 0 spiro atoms. The highest BCUT2D eigenvalue weighted by molar-refractivity contribution is 5.77. The summed E-state index contributed by atoms with van der Waals surface area (Å²) in [6.07, 6.45) is 9.14. The number of carboxylic acid groups (broad SMARTS) is 1.